The molecule has 5 N–H and O–H groups in total. The lowest BCUT2D eigenvalue weighted by atomic mass is 10.1. The molecule has 2 aromatic carbocycles. The van der Waals surface area contributed by atoms with Crippen LogP contribution in [-0.4, -0.2) is 16.0 Å². The SMILES string of the molecule is Cc1cc(NNC(=O)Nc2cccc(COc3ccc(CC#N)cc3)c2)nc(N)n1. The Bertz CT molecular complexity index is 1040. The number of aryl methyl sites for hydroxylation is 1. The Morgan fingerprint density at radius 1 is 1.13 bits per heavy atom. The van der Waals surface area contributed by atoms with E-state index in [0.29, 0.717) is 36.0 Å². The van der Waals surface area contributed by atoms with Crippen molar-refractivity contribution in [1.29, 1.82) is 5.26 Å². The highest BCUT2D eigenvalue weighted by Gasteiger charge is 2.05. The van der Waals surface area contributed by atoms with Gasteiger partial charge in [-0.05, 0) is 42.3 Å². The zero-order valence-corrected chi connectivity index (χ0v) is 16.3. The molecule has 0 saturated carbocycles. The number of nitrogens with one attached hydrogen (secondary N) is 3. The number of urea groups is 1. The fourth-order valence-electron chi connectivity index (χ4n) is 2.64. The van der Waals surface area contributed by atoms with Gasteiger partial charge in [-0.25, -0.2) is 9.78 Å². The van der Waals surface area contributed by atoms with Gasteiger partial charge in [0.15, 0.2) is 0 Å². The van der Waals surface area contributed by atoms with Crippen LogP contribution in [0.1, 0.15) is 16.8 Å². The summed E-state index contributed by atoms with van der Waals surface area (Å²) in [6.45, 7) is 2.12. The third-order valence-electron chi connectivity index (χ3n) is 3.97. The van der Waals surface area contributed by atoms with E-state index in [-0.39, 0.29) is 5.95 Å². The van der Waals surface area contributed by atoms with Crippen LogP contribution in [0.3, 0.4) is 0 Å². The molecular formula is C21H21N7O2. The van der Waals surface area contributed by atoms with Crippen LogP contribution >= 0.6 is 0 Å². The third-order valence-corrected chi connectivity index (χ3v) is 3.97. The summed E-state index contributed by atoms with van der Waals surface area (Å²) in [7, 11) is 0. The Hall–Kier alpha value is -4.32. The first kappa shape index (κ1) is 20.4. The topological polar surface area (TPSA) is 138 Å². The first-order valence-electron chi connectivity index (χ1n) is 9.13. The summed E-state index contributed by atoms with van der Waals surface area (Å²) in [5.74, 6) is 1.21. The first-order valence-corrected chi connectivity index (χ1v) is 9.13. The molecule has 30 heavy (non-hydrogen) atoms. The lowest BCUT2D eigenvalue weighted by Crippen LogP contribution is -2.34. The normalized spacial score (nSPS) is 10.0. The second-order valence-corrected chi connectivity index (χ2v) is 6.42. The number of nitrogen functional groups attached to an aromatic ring is 1. The minimum Gasteiger partial charge on any atom is -0.489 e. The van der Waals surface area contributed by atoms with Gasteiger partial charge in [-0.3, -0.25) is 10.9 Å². The fraction of sp³-hybridized carbons (Fsp3) is 0.143. The number of hydrogen-bond donors (Lipinski definition) is 4. The highest BCUT2D eigenvalue weighted by Crippen LogP contribution is 2.16. The highest BCUT2D eigenvalue weighted by molar-refractivity contribution is 5.89. The second kappa shape index (κ2) is 9.75. The van der Waals surface area contributed by atoms with Crippen LogP contribution in [0.5, 0.6) is 5.75 Å². The molecule has 0 spiro atoms. The number of nitriles is 1. The highest BCUT2D eigenvalue weighted by atomic mass is 16.5. The number of rotatable bonds is 7. The van der Waals surface area contributed by atoms with Crippen molar-refractivity contribution in [2.75, 3.05) is 16.5 Å². The third kappa shape index (κ3) is 6.10. The average Bonchev–Trinajstić information content (AvgIpc) is 2.72. The number of carbonyl (C=O) groups is 1. The van der Waals surface area contributed by atoms with Crippen LogP contribution in [0.2, 0.25) is 0 Å². The Morgan fingerprint density at radius 3 is 2.67 bits per heavy atom. The van der Waals surface area contributed by atoms with Crippen molar-refractivity contribution in [1.82, 2.24) is 15.4 Å². The Labute approximate surface area is 173 Å². The lowest BCUT2D eigenvalue weighted by molar-refractivity contribution is 0.253. The van der Waals surface area contributed by atoms with Gasteiger partial charge in [0.25, 0.3) is 0 Å². The van der Waals surface area contributed by atoms with Crippen molar-refractivity contribution in [3.8, 4) is 11.8 Å². The Kier molecular flexibility index (Phi) is 6.63. The number of ether oxygens (including phenoxy) is 1. The van der Waals surface area contributed by atoms with Gasteiger partial charge in [0.05, 0.1) is 12.5 Å². The van der Waals surface area contributed by atoms with Crippen molar-refractivity contribution in [3.05, 3.63) is 71.4 Å². The minimum atomic E-state index is -0.462. The standard InChI is InChI=1S/C21H21N7O2/c1-14-11-19(26-20(23)24-14)27-28-21(29)25-17-4-2-3-16(12-17)13-30-18-7-5-15(6-8-18)9-10-22/h2-8,11-12H,9,13H2,1H3,(H2,25,28,29)(H3,23,24,26,27). The summed E-state index contributed by atoms with van der Waals surface area (Å²) >= 11 is 0. The molecule has 0 radical (unpaired) electrons. The molecule has 0 atom stereocenters. The van der Waals surface area contributed by atoms with E-state index in [4.69, 9.17) is 15.7 Å². The number of nitrogens with two attached hydrogens (primary N) is 1. The molecule has 0 fully saturated rings. The van der Waals surface area contributed by atoms with E-state index < -0.39 is 6.03 Å². The van der Waals surface area contributed by atoms with Crippen molar-refractivity contribution in [2.45, 2.75) is 20.0 Å². The summed E-state index contributed by atoms with van der Waals surface area (Å²) in [4.78, 5) is 20.1. The van der Waals surface area contributed by atoms with E-state index in [0.717, 1.165) is 11.1 Å². The predicted molar refractivity (Wildman–Crippen MR) is 113 cm³/mol. The predicted octanol–water partition coefficient (Wildman–Crippen LogP) is 3.16. The van der Waals surface area contributed by atoms with E-state index in [9.17, 15) is 4.79 Å². The smallest absolute Gasteiger partial charge is 0.337 e. The maximum Gasteiger partial charge on any atom is 0.337 e. The van der Waals surface area contributed by atoms with Crippen molar-refractivity contribution in [3.63, 3.8) is 0 Å². The number of aromatic nitrogens is 2. The fourth-order valence-corrected chi connectivity index (χ4v) is 2.64. The van der Waals surface area contributed by atoms with E-state index >= 15 is 0 Å². The van der Waals surface area contributed by atoms with Gasteiger partial charge in [-0.1, -0.05) is 24.3 Å². The van der Waals surface area contributed by atoms with Crippen LogP contribution in [0.4, 0.5) is 22.2 Å². The molecule has 0 aliphatic heterocycles. The van der Waals surface area contributed by atoms with Crippen LogP contribution in [-0.2, 0) is 13.0 Å². The molecule has 0 bridgehead atoms. The van der Waals surface area contributed by atoms with Gasteiger partial charge in [-0.2, -0.15) is 10.2 Å². The van der Waals surface area contributed by atoms with E-state index in [2.05, 4.69) is 32.2 Å². The largest absolute Gasteiger partial charge is 0.489 e. The average molecular weight is 403 g/mol. The van der Waals surface area contributed by atoms with Crippen molar-refractivity contribution in [2.24, 2.45) is 0 Å². The first-order chi connectivity index (χ1) is 14.5. The minimum absolute atomic E-state index is 0.118. The summed E-state index contributed by atoms with van der Waals surface area (Å²) in [5, 5.41) is 11.4. The van der Waals surface area contributed by atoms with Gasteiger partial charge in [0.1, 0.15) is 18.2 Å². The zero-order chi connectivity index (χ0) is 21.3. The molecule has 3 aromatic rings. The molecule has 1 aromatic heterocycles. The van der Waals surface area contributed by atoms with Crippen LogP contribution < -0.4 is 26.6 Å². The molecular weight excluding hydrogens is 382 g/mol. The monoisotopic (exact) mass is 403 g/mol. The number of hydrogen-bond acceptors (Lipinski definition) is 7. The van der Waals surface area contributed by atoms with E-state index in [1.807, 2.05) is 42.5 Å². The van der Waals surface area contributed by atoms with Crippen LogP contribution in [0, 0.1) is 18.3 Å². The Morgan fingerprint density at radius 2 is 1.93 bits per heavy atom. The maximum absolute atomic E-state index is 12.1. The molecule has 0 unspecified atom stereocenters. The number of amides is 2. The summed E-state index contributed by atoms with van der Waals surface area (Å²) in [6.07, 6.45) is 0.370. The molecule has 1 heterocycles. The molecule has 0 saturated heterocycles. The van der Waals surface area contributed by atoms with Gasteiger partial charge < -0.3 is 15.8 Å². The van der Waals surface area contributed by atoms with E-state index in [1.54, 1.807) is 19.1 Å². The number of carbonyl (C=O) groups excluding carboxylic acids is 1. The van der Waals surface area contributed by atoms with Gasteiger partial charge in [-0.15, -0.1) is 0 Å². The quantitative estimate of drug-likeness (QED) is 0.445. The summed E-state index contributed by atoms with van der Waals surface area (Å²) < 4.78 is 5.76. The number of anilines is 3. The summed E-state index contributed by atoms with van der Waals surface area (Å²) in [5.41, 5.74) is 13.9. The lowest BCUT2D eigenvalue weighted by Gasteiger charge is -2.11. The maximum atomic E-state index is 12.1. The van der Waals surface area contributed by atoms with Gasteiger partial charge >= 0.3 is 6.03 Å². The molecule has 9 nitrogen and oxygen atoms in total. The molecule has 0 aliphatic carbocycles. The van der Waals surface area contributed by atoms with Gasteiger partial charge in [0, 0.05) is 17.4 Å². The molecule has 152 valence electrons. The number of nitrogens with zero attached hydrogens (tertiary/aromatic N) is 3. The molecule has 9 heteroatoms. The van der Waals surface area contributed by atoms with Crippen LogP contribution in [0.25, 0.3) is 0 Å². The molecule has 0 aliphatic rings. The van der Waals surface area contributed by atoms with E-state index in [1.165, 1.54) is 0 Å². The van der Waals surface area contributed by atoms with Crippen molar-refractivity contribution < 1.29 is 9.53 Å². The second-order valence-electron chi connectivity index (χ2n) is 6.42. The zero-order valence-electron chi connectivity index (χ0n) is 16.3. The van der Waals surface area contributed by atoms with Gasteiger partial charge in [0.2, 0.25) is 5.95 Å². The van der Waals surface area contributed by atoms with Crippen molar-refractivity contribution >= 4 is 23.5 Å². The molecule has 3 rings (SSSR count). The molecule has 2 amide bonds. The Balaban J connectivity index is 1.51. The number of hydrazine groups is 1. The van der Waals surface area contributed by atoms with Crippen LogP contribution in [0.15, 0.2) is 54.6 Å². The summed E-state index contributed by atoms with van der Waals surface area (Å²) in [6, 6.07) is 18.0. The number of benzene rings is 2.